The van der Waals surface area contributed by atoms with E-state index >= 15 is 0 Å². The zero-order valence-electron chi connectivity index (χ0n) is 12.5. The molecule has 0 aliphatic rings. The van der Waals surface area contributed by atoms with Crippen LogP contribution in [0, 0.1) is 0 Å². The number of hydrogen-bond donors (Lipinski definition) is 1. The summed E-state index contributed by atoms with van der Waals surface area (Å²) in [6.07, 6.45) is 0. The fourth-order valence-corrected chi connectivity index (χ4v) is 2.03. The van der Waals surface area contributed by atoms with Crippen molar-refractivity contribution in [3.63, 3.8) is 0 Å². The molecule has 0 fully saturated rings. The lowest BCUT2D eigenvalue weighted by atomic mass is 10.2. The zero-order valence-corrected chi connectivity index (χ0v) is 13.3. The molecule has 0 aliphatic carbocycles. The Bertz CT molecular complexity index is 587. The van der Waals surface area contributed by atoms with E-state index in [2.05, 4.69) is 0 Å². The number of ether oxygens (including phenoxy) is 3. The van der Waals surface area contributed by atoms with Gasteiger partial charge in [0.2, 0.25) is 0 Å². The SMILES string of the molecule is CCOc1cc(CN)ccc1OCCOc1ccc(Cl)cc1. The summed E-state index contributed by atoms with van der Waals surface area (Å²) in [5.41, 5.74) is 6.64. The molecule has 0 heterocycles. The summed E-state index contributed by atoms with van der Waals surface area (Å²) in [5, 5.41) is 0.685. The lowest BCUT2D eigenvalue weighted by Crippen LogP contribution is -2.10. The maximum absolute atomic E-state index is 5.82. The summed E-state index contributed by atoms with van der Waals surface area (Å²) >= 11 is 5.82. The van der Waals surface area contributed by atoms with Gasteiger partial charge in [-0.25, -0.2) is 0 Å². The number of rotatable bonds is 8. The van der Waals surface area contributed by atoms with Crippen LogP contribution in [0.3, 0.4) is 0 Å². The Morgan fingerprint density at radius 1 is 0.909 bits per heavy atom. The first-order valence-corrected chi connectivity index (χ1v) is 7.57. The highest BCUT2D eigenvalue weighted by Crippen LogP contribution is 2.28. The Morgan fingerprint density at radius 3 is 2.32 bits per heavy atom. The van der Waals surface area contributed by atoms with Crippen LogP contribution < -0.4 is 19.9 Å². The molecule has 2 N–H and O–H groups in total. The van der Waals surface area contributed by atoms with Crippen molar-refractivity contribution in [1.82, 2.24) is 0 Å². The van der Waals surface area contributed by atoms with Crippen molar-refractivity contribution < 1.29 is 14.2 Å². The summed E-state index contributed by atoms with van der Waals surface area (Å²) in [6, 6.07) is 12.9. The van der Waals surface area contributed by atoms with E-state index < -0.39 is 0 Å². The largest absolute Gasteiger partial charge is 0.490 e. The topological polar surface area (TPSA) is 53.7 Å². The molecule has 0 spiro atoms. The zero-order chi connectivity index (χ0) is 15.8. The third-order valence-corrected chi connectivity index (χ3v) is 3.22. The fourth-order valence-electron chi connectivity index (χ4n) is 1.91. The monoisotopic (exact) mass is 321 g/mol. The molecular formula is C17H20ClNO3. The second-order valence-corrected chi connectivity index (χ2v) is 5.01. The van der Waals surface area contributed by atoms with Crippen LogP contribution in [0.2, 0.25) is 5.02 Å². The molecule has 0 bridgehead atoms. The van der Waals surface area contributed by atoms with Crippen LogP contribution in [-0.4, -0.2) is 19.8 Å². The normalized spacial score (nSPS) is 10.3. The molecule has 0 aliphatic heterocycles. The summed E-state index contributed by atoms with van der Waals surface area (Å²) in [7, 11) is 0. The molecule has 0 amide bonds. The van der Waals surface area contributed by atoms with Crippen molar-refractivity contribution in [3.8, 4) is 17.2 Å². The maximum atomic E-state index is 5.82. The van der Waals surface area contributed by atoms with Gasteiger partial charge in [0.15, 0.2) is 11.5 Å². The summed E-state index contributed by atoms with van der Waals surface area (Å²) in [4.78, 5) is 0. The molecule has 22 heavy (non-hydrogen) atoms. The van der Waals surface area contributed by atoms with Gasteiger partial charge < -0.3 is 19.9 Å². The lowest BCUT2D eigenvalue weighted by molar-refractivity contribution is 0.208. The standard InChI is InChI=1S/C17H20ClNO3/c1-2-20-17-11-13(12-19)3-8-16(17)22-10-9-21-15-6-4-14(18)5-7-15/h3-8,11H,2,9-10,12,19H2,1H3. The quantitative estimate of drug-likeness (QED) is 0.754. The first-order chi connectivity index (χ1) is 10.7. The van der Waals surface area contributed by atoms with Gasteiger partial charge in [-0.2, -0.15) is 0 Å². The number of benzene rings is 2. The van der Waals surface area contributed by atoms with Crippen LogP contribution in [0.5, 0.6) is 17.2 Å². The molecular weight excluding hydrogens is 302 g/mol. The minimum atomic E-state index is 0.421. The third kappa shape index (κ3) is 4.83. The van der Waals surface area contributed by atoms with Gasteiger partial charge in [0.1, 0.15) is 19.0 Å². The van der Waals surface area contributed by atoms with Crippen molar-refractivity contribution in [1.29, 1.82) is 0 Å². The van der Waals surface area contributed by atoms with Crippen LogP contribution >= 0.6 is 11.6 Å². The van der Waals surface area contributed by atoms with Crippen molar-refractivity contribution in [2.75, 3.05) is 19.8 Å². The van der Waals surface area contributed by atoms with E-state index in [1.54, 1.807) is 12.1 Å². The van der Waals surface area contributed by atoms with Gasteiger partial charge in [-0.1, -0.05) is 17.7 Å². The Morgan fingerprint density at radius 2 is 1.64 bits per heavy atom. The van der Waals surface area contributed by atoms with E-state index in [9.17, 15) is 0 Å². The molecule has 0 aromatic heterocycles. The van der Waals surface area contributed by atoms with E-state index in [4.69, 9.17) is 31.5 Å². The molecule has 0 saturated carbocycles. The van der Waals surface area contributed by atoms with Crippen molar-refractivity contribution in [2.24, 2.45) is 5.73 Å². The van der Waals surface area contributed by atoms with E-state index in [1.165, 1.54) is 0 Å². The Labute approximate surface area is 135 Å². The predicted molar refractivity (Wildman–Crippen MR) is 87.9 cm³/mol. The van der Waals surface area contributed by atoms with Gasteiger partial charge in [-0.15, -0.1) is 0 Å². The first-order valence-electron chi connectivity index (χ1n) is 7.20. The third-order valence-electron chi connectivity index (χ3n) is 2.97. The van der Waals surface area contributed by atoms with Crippen LogP contribution in [0.15, 0.2) is 42.5 Å². The second kappa shape index (κ2) is 8.51. The smallest absolute Gasteiger partial charge is 0.161 e. The lowest BCUT2D eigenvalue weighted by Gasteiger charge is -2.13. The van der Waals surface area contributed by atoms with E-state index in [1.807, 2.05) is 37.3 Å². The van der Waals surface area contributed by atoms with Crippen LogP contribution in [-0.2, 0) is 6.54 Å². The van der Waals surface area contributed by atoms with Crippen LogP contribution in [0.4, 0.5) is 0 Å². The summed E-state index contributed by atoms with van der Waals surface area (Å²) < 4.78 is 16.9. The Kier molecular flexibility index (Phi) is 6.37. The average molecular weight is 322 g/mol. The molecule has 0 saturated heterocycles. The van der Waals surface area contributed by atoms with E-state index in [0.29, 0.717) is 42.9 Å². The molecule has 0 atom stereocenters. The molecule has 2 aromatic rings. The Balaban J connectivity index is 1.86. The van der Waals surface area contributed by atoms with Gasteiger partial charge >= 0.3 is 0 Å². The molecule has 2 aromatic carbocycles. The van der Waals surface area contributed by atoms with Gasteiger partial charge in [0.25, 0.3) is 0 Å². The van der Waals surface area contributed by atoms with Crippen molar-refractivity contribution in [2.45, 2.75) is 13.5 Å². The van der Waals surface area contributed by atoms with Gasteiger partial charge in [0.05, 0.1) is 6.61 Å². The molecule has 0 radical (unpaired) electrons. The predicted octanol–water partition coefficient (Wildman–Crippen LogP) is 3.66. The summed E-state index contributed by atoms with van der Waals surface area (Å²) in [6.45, 7) is 3.84. The minimum Gasteiger partial charge on any atom is -0.490 e. The van der Waals surface area contributed by atoms with E-state index in [0.717, 1.165) is 11.3 Å². The second-order valence-electron chi connectivity index (χ2n) is 4.57. The molecule has 5 heteroatoms. The molecule has 118 valence electrons. The minimum absolute atomic E-state index is 0.421. The Hall–Kier alpha value is -1.91. The number of nitrogens with two attached hydrogens (primary N) is 1. The molecule has 2 rings (SSSR count). The van der Waals surface area contributed by atoms with E-state index in [-0.39, 0.29) is 0 Å². The first kappa shape index (κ1) is 16.5. The van der Waals surface area contributed by atoms with Crippen molar-refractivity contribution >= 4 is 11.6 Å². The van der Waals surface area contributed by atoms with Gasteiger partial charge in [-0.3, -0.25) is 0 Å². The fraction of sp³-hybridized carbons (Fsp3) is 0.294. The number of hydrogen-bond acceptors (Lipinski definition) is 4. The van der Waals surface area contributed by atoms with Gasteiger partial charge in [-0.05, 0) is 48.9 Å². The summed E-state index contributed by atoms with van der Waals surface area (Å²) in [5.74, 6) is 2.16. The highest BCUT2D eigenvalue weighted by atomic mass is 35.5. The molecule has 4 nitrogen and oxygen atoms in total. The van der Waals surface area contributed by atoms with Crippen molar-refractivity contribution in [3.05, 3.63) is 53.1 Å². The highest BCUT2D eigenvalue weighted by molar-refractivity contribution is 6.30. The van der Waals surface area contributed by atoms with Crippen LogP contribution in [0.25, 0.3) is 0 Å². The maximum Gasteiger partial charge on any atom is 0.161 e. The number of halogens is 1. The highest BCUT2D eigenvalue weighted by Gasteiger charge is 2.06. The van der Waals surface area contributed by atoms with Gasteiger partial charge in [0, 0.05) is 11.6 Å². The molecule has 0 unspecified atom stereocenters. The average Bonchev–Trinajstić information content (AvgIpc) is 2.54. The van der Waals surface area contributed by atoms with Crippen LogP contribution in [0.1, 0.15) is 12.5 Å².